The molecule has 0 bridgehead atoms. The molecule has 1 aliphatic rings. The molecular weight excluding hydrogens is 563 g/mol. The largest absolute Gasteiger partial charge is 0.416 e. The molecule has 2 heterocycles. The number of hydrogen-bond donors (Lipinski definition) is 2. The number of rotatable bonds is 8. The number of thioether (sulfide) groups is 1. The van der Waals surface area contributed by atoms with Crippen LogP contribution in [-0.2, 0) is 21.0 Å². The summed E-state index contributed by atoms with van der Waals surface area (Å²) >= 11 is 2.02. The third-order valence-corrected chi connectivity index (χ3v) is 9.38. The Balaban J connectivity index is 1.29. The van der Waals surface area contributed by atoms with Crippen LogP contribution in [0.15, 0.2) is 57.8 Å². The molecule has 4 rings (SSSR count). The average molecular weight is 586 g/mol. The Morgan fingerprint density at radius 3 is 2.39 bits per heavy atom. The Morgan fingerprint density at radius 1 is 1.00 bits per heavy atom. The van der Waals surface area contributed by atoms with Gasteiger partial charge in [0.1, 0.15) is 0 Å². The van der Waals surface area contributed by atoms with Crippen LogP contribution in [-0.4, -0.2) is 53.6 Å². The van der Waals surface area contributed by atoms with Crippen LogP contribution >= 0.6 is 23.1 Å². The first-order chi connectivity index (χ1) is 18.0. The van der Waals surface area contributed by atoms with Crippen LogP contribution in [0.1, 0.15) is 35.2 Å². The van der Waals surface area contributed by atoms with Crippen LogP contribution < -0.4 is 10.6 Å². The molecule has 0 aliphatic carbocycles. The standard InChI is InChI=1S/C23H22F3N5O4S3/c24-23(25,26)16-5-4-6-17(13-16)27-19(32)14-36-22-30-29-21(37-22)28-20(33)15-7-9-18(10-8-15)38(34,35)31-11-2-1-3-12-31/h4-10,13H,1-3,11-12,14H2,(H,27,32)(H,28,29,33). The Labute approximate surface area is 224 Å². The maximum absolute atomic E-state index is 12.8. The summed E-state index contributed by atoms with van der Waals surface area (Å²) in [6.45, 7) is 0.962. The van der Waals surface area contributed by atoms with Crippen molar-refractivity contribution in [1.82, 2.24) is 14.5 Å². The molecule has 0 unspecified atom stereocenters. The van der Waals surface area contributed by atoms with E-state index in [1.54, 1.807) is 0 Å². The number of anilines is 2. The Hall–Kier alpha value is -3.01. The monoisotopic (exact) mass is 585 g/mol. The fraction of sp³-hybridized carbons (Fsp3) is 0.304. The maximum atomic E-state index is 12.8. The molecule has 9 nitrogen and oxygen atoms in total. The van der Waals surface area contributed by atoms with Crippen LogP contribution in [0, 0.1) is 0 Å². The van der Waals surface area contributed by atoms with E-state index in [2.05, 4.69) is 20.8 Å². The van der Waals surface area contributed by atoms with E-state index in [0.717, 1.165) is 54.5 Å². The lowest BCUT2D eigenvalue weighted by Crippen LogP contribution is -2.35. The number of sulfonamides is 1. The fourth-order valence-corrected chi connectivity index (χ4v) is 6.68. The number of halogens is 3. The third kappa shape index (κ3) is 7.09. The van der Waals surface area contributed by atoms with E-state index in [9.17, 15) is 31.2 Å². The van der Waals surface area contributed by atoms with Crippen molar-refractivity contribution in [1.29, 1.82) is 0 Å². The number of hydrogen-bond acceptors (Lipinski definition) is 8. The highest BCUT2D eigenvalue weighted by atomic mass is 32.2. The van der Waals surface area contributed by atoms with Crippen LogP contribution in [0.25, 0.3) is 0 Å². The van der Waals surface area contributed by atoms with Crippen LogP contribution in [0.5, 0.6) is 0 Å². The van der Waals surface area contributed by atoms with E-state index in [4.69, 9.17) is 0 Å². The molecule has 2 amide bonds. The van der Waals surface area contributed by atoms with Crippen molar-refractivity contribution in [3.05, 3.63) is 59.7 Å². The van der Waals surface area contributed by atoms with Gasteiger partial charge in [0, 0.05) is 24.3 Å². The molecule has 0 radical (unpaired) electrons. The van der Waals surface area contributed by atoms with E-state index < -0.39 is 33.6 Å². The van der Waals surface area contributed by atoms with Crippen molar-refractivity contribution in [2.24, 2.45) is 0 Å². The second-order valence-corrected chi connectivity index (χ2v) is 12.4. The minimum absolute atomic E-state index is 0.0189. The van der Waals surface area contributed by atoms with Crippen molar-refractivity contribution in [3.8, 4) is 0 Å². The van der Waals surface area contributed by atoms with Crippen molar-refractivity contribution < 1.29 is 31.2 Å². The average Bonchev–Trinajstić information content (AvgIpc) is 3.35. The molecule has 0 spiro atoms. The summed E-state index contributed by atoms with van der Waals surface area (Å²) in [5.74, 6) is -1.18. The number of nitrogens with zero attached hydrogens (tertiary/aromatic N) is 3. The highest BCUT2D eigenvalue weighted by Gasteiger charge is 2.30. The second-order valence-electron chi connectivity index (χ2n) is 8.23. The molecule has 0 atom stereocenters. The second kappa shape index (κ2) is 11.8. The molecular formula is C23H22F3N5O4S3. The number of amides is 2. The van der Waals surface area contributed by atoms with Gasteiger partial charge in [0.25, 0.3) is 5.91 Å². The lowest BCUT2D eigenvalue weighted by atomic mass is 10.2. The quantitative estimate of drug-likeness (QED) is 0.290. The zero-order chi connectivity index (χ0) is 27.3. The SMILES string of the molecule is O=C(CSc1nnc(NC(=O)c2ccc(S(=O)(=O)N3CCCCC3)cc2)s1)Nc1cccc(C(F)(F)F)c1. The number of carbonyl (C=O) groups is 2. The third-order valence-electron chi connectivity index (χ3n) is 5.50. The van der Waals surface area contributed by atoms with Crippen molar-refractivity contribution >= 4 is 55.8 Å². The van der Waals surface area contributed by atoms with Gasteiger partial charge in [0.05, 0.1) is 16.2 Å². The molecule has 15 heteroatoms. The molecule has 1 saturated heterocycles. The Bertz CT molecular complexity index is 1410. The molecule has 202 valence electrons. The minimum atomic E-state index is -4.52. The van der Waals surface area contributed by atoms with Gasteiger partial charge in [-0.15, -0.1) is 10.2 Å². The summed E-state index contributed by atoms with van der Waals surface area (Å²) in [6.07, 6.45) is -1.87. The lowest BCUT2D eigenvalue weighted by Gasteiger charge is -2.25. The number of nitrogens with one attached hydrogen (secondary N) is 2. The van der Waals surface area contributed by atoms with Gasteiger partial charge in [-0.25, -0.2) is 8.42 Å². The van der Waals surface area contributed by atoms with Gasteiger partial charge < -0.3 is 5.32 Å². The van der Waals surface area contributed by atoms with Crippen LogP contribution in [0.4, 0.5) is 24.0 Å². The Kier molecular flexibility index (Phi) is 8.70. The molecule has 1 aromatic heterocycles. The minimum Gasteiger partial charge on any atom is -0.325 e. The maximum Gasteiger partial charge on any atom is 0.416 e. The summed E-state index contributed by atoms with van der Waals surface area (Å²) in [5.41, 5.74) is -0.622. The first-order valence-corrected chi connectivity index (χ1v) is 14.6. The van der Waals surface area contributed by atoms with Crippen molar-refractivity contribution in [3.63, 3.8) is 0 Å². The predicted octanol–water partition coefficient (Wildman–Crippen LogP) is 4.71. The number of alkyl halides is 3. The highest BCUT2D eigenvalue weighted by molar-refractivity contribution is 8.01. The lowest BCUT2D eigenvalue weighted by molar-refractivity contribution is -0.137. The number of piperidine rings is 1. The molecule has 1 aliphatic heterocycles. The zero-order valence-electron chi connectivity index (χ0n) is 19.7. The van der Waals surface area contributed by atoms with E-state index in [-0.39, 0.29) is 27.0 Å². The van der Waals surface area contributed by atoms with Crippen LogP contribution in [0.3, 0.4) is 0 Å². The smallest absolute Gasteiger partial charge is 0.325 e. The number of aromatic nitrogens is 2. The highest BCUT2D eigenvalue weighted by Crippen LogP contribution is 2.31. The van der Waals surface area contributed by atoms with E-state index in [0.29, 0.717) is 17.4 Å². The summed E-state index contributed by atoms with van der Waals surface area (Å²) < 4.78 is 65.8. The number of carbonyl (C=O) groups excluding carboxylic acids is 2. The van der Waals surface area contributed by atoms with Crippen molar-refractivity contribution in [2.45, 2.75) is 34.7 Å². The molecule has 0 saturated carbocycles. The van der Waals surface area contributed by atoms with E-state index in [1.807, 2.05) is 0 Å². The topological polar surface area (TPSA) is 121 Å². The first-order valence-electron chi connectivity index (χ1n) is 11.4. The van der Waals surface area contributed by atoms with Crippen molar-refractivity contribution in [2.75, 3.05) is 29.5 Å². The summed E-state index contributed by atoms with van der Waals surface area (Å²) in [7, 11) is -3.61. The van der Waals surface area contributed by atoms with Gasteiger partial charge in [0.15, 0.2) is 4.34 Å². The van der Waals surface area contributed by atoms with Gasteiger partial charge in [-0.3, -0.25) is 14.9 Å². The van der Waals surface area contributed by atoms with Gasteiger partial charge in [-0.2, -0.15) is 17.5 Å². The molecule has 2 aromatic carbocycles. The van der Waals surface area contributed by atoms with Gasteiger partial charge in [-0.05, 0) is 55.3 Å². The normalized spacial score (nSPS) is 14.7. The summed E-state index contributed by atoms with van der Waals surface area (Å²) in [6, 6.07) is 9.93. The van der Waals surface area contributed by atoms with Gasteiger partial charge in [0.2, 0.25) is 21.1 Å². The Morgan fingerprint density at radius 2 is 1.71 bits per heavy atom. The molecule has 3 aromatic rings. The summed E-state index contributed by atoms with van der Waals surface area (Å²) in [5, 5.41) is 12.9. The van der Waals surface area contributed by atoms with Gasteiger partial charge >= 0.3 is 6.18 Å². The molecule has 38 heavy (non-hydrogen) atoms. The zero-order valence-corrected chi connectivity index (χ0v) is 22.1. The first kappa shape index (κ1) is 28.0. The van der Waals surface area contributed by atoms with E-state index >= 15 is 0 Å². The molecule has 2 N–H and O–H groups in total. The number of benzene rings is 2. The fourth-order valence-electron chi connectivity index (χ4n) is 3.62. The molecule has 1 fully saturated rings. The van der Waals surface area contributed by atoms with Gasteiger partial charge in [-0.1, -0.05) is 35.6 Å². The van der Waals surface area contributed by atoms with Crippen LogP contribution in [0.2, 0.25) is 0 Å². The summed E-state index contributed by atoms with van der Waals surface area (Å²) in [4.78, 5) is 24.8. The van der Waals surface area contributed by atoms with E-state index in [1.165, 1.54) is 40.7 Å². The predicted molar refractivity (Wildman–Crippen MR) is 138 cm³/mol.